The number of ether oxygens (including phenoxy) is 1. The van der Waals surface area contributed by atoms with Crippen LogP contribution in [0.1, 0.15) is 25.0 Å². The average Bonchev–Trinajstić information content (AvgIpc) is 2.52. The third-order valence-electron chi connectivity index (χ3n) is 3.65. The van der Waals surface area contributed by atoms with E-state index in [4.69, 9.17) is 10.5 Å². The zero-order valence-corrected chi connectivity index (χ0v) is 13.2. The summed E-state index contributed by atoms with van der Waals surface area (Å²) in [6.07, 6.45) is 0.388. The summed E-state index contributed by atoms with van der Waals surface area (Å²) in [6, 6.07) is 13.2. The smallest absolute Gasteiger partial charge is 0.265 e. The Morgan fingerprint density at radius 3 is 2.55 bits per heavy atom. The van der Waals surface area contributed by atoms with Gasteiger partial charge in [-0.1, -0.05) is 25.1 Å². The van der Waals surface area contributed by atoms with E-state index in [1.807, 2.05) is 43.3 Å². The van der Waals surface area contributed by atoms with E-state index in [-0.39, 0.29) is 5.91 Å². The van der Waals surface area contributed by atoms with Gasteiger partial charge in [0.1, 0.15) is 5.75 Å². The molecule has 0 saturated heterocycles. The van der Waals surface area contributed by atoms with Crippen molar-refractivity contribution in [3.05, 3.63) is 53.6 Å². The molecule has 0 aliphatic heterocycles. The minimum absolute atomic E-state index is 0.201. The van der Waals surface area contributed by atoms with Gasteiger partial charge in [0.25, 0.3) is 5.91 Å². The number of carbonyl (C=O) groups excluding carboxylic acids is 1. The lowest BCUT2D eigenvalue weighted by atomic mass is 10.1. The quantitative estimate of drug-likeness (QED) is 0.830. The van der Waals surface area contributed by atoms with Crippen LogP contribution in [0.15, 0.2) is 42.5 Å². The molecule has 4 heteroatoms. The highest BCUT2D eigenvalue weighted by molar-refractivity contribution is 5.95. The van der Waals surface area contributed by atoms with Gasteiger partial charge in [-0.05, 0) is 55.7 Å². The van der Waals surface area contributed by atoms with Gasteiger partial charge in [0.2, 0.25) is 0 Å². The standard InChI is InChI=1S/C18H22N2O2/c1-4-14-8-10-15(11-9-14)22-13(3)18(21)20-17-7-5-6-16(19)12(17)2/h5-11,13H,4,19H2,1-3H3,(H,20,21). The van der Waals surface area contributed by atoms with Crippen molar-refractivity contribution in [2.75, 3.05) is 11.1 Å². The van der Waals surface area contributed by atoms with Crippen molar-refractivity contribution in [2.24, 2.45) is 0 Å². The fourth-order valence-corrected chi connectivity index (χ4v) is 2.08. The van der Waals surface area contributed by atoms with Gasteiger partial charge in [0.15, 0.2) is 6.10 Å². The van der Waals surface area contributed by atoms with Crippen LogP contribution in [0, 0.1) is 6.92 Å². The number of amides is 1. The summed E-state index contributed by atoms with van der Waals surface area (Å²) in [6.45, 7) is 5.70. The summed E-state index contributed by atoms with van der Waals surface area (Å²) in [4.78, 5) is 12.2. The largest absolute Gasteiger partial charge is 0.481 e. The van der Waals surface area contributed by atoms with Crippen molar-refractivity contribution in [1.82, 2.24) is 0 Å². The van der Waals surface area contributed by atoms with Crippen LogP contribution in [0.4, 0.5) is 11.4 Å². The number of carbonyl (C=O) groups is 1. The van der Waals surface area contributed by atoms with Gasteiger partial charge < -0.3 is 15.8 Å². The normalized spacial score (nSPS) is 11.8. The third-order valence-corrected chi connectivity index (χ3v) is 3.65. The van der Waals surface area contributed by atoms with Crippen LogP contribution in [-0.2, 0) is 11.2 Å². The highest BCUT2D eigenvalue weighted by Gasteiger charge is 2.16. The van der Waals surface area contributed by atoms with E-state index in [1.165, 1.54) is 5.56 Å². The minimum Gasteiger partial charge on any atom is -0.481 e. The van der Waals surface area contributed by atoms with Gasteiger partial charge in [-0.25, -0.2) is 0 Å². The minimum atomic E-state index is -0.590. The van der Waals surface area contributed by atoms with Crippen LogP contribution in [0.25, 0.3) is 0 Å². The van der Waals surface area contributed by atoms with E-state index < -0.39 is 6.10 Å². The first kappa shape index (κ1) is 15.9. The summed E-state index contributed by atoms with van der Waals surface area (Å²) in [5, 5.41) is 2.85. The maximum Gasteiger partial charge on any atom is 0.265 e. The number of aryl methyl sites for hydroxylation is 1. The Bertz CT molecular complexity index is 651. The molecule has 0 aliphatic rings. The summed E-state index contributed by atoms with van der Waals surface area (Å²) in [5.41, 5.74) is 9.30. The Morgan fingerprint density at radius 1 is 1.23 bits per heavy atom. The Labute approximate surface area is 131 Å². The molecule has 2 aromatic carbocycles. The molecule has 0 fully saturated rings. The van der Waals surface area contributed by atoms with E-state index >= 15 is 0 Å². The fourth-order valence-electron chi connectivity index (χ4n) is 2.08. The number of benzene rings is 2. The lowest BCUT2D eigenvalue weighted by Crippen LogP contribution is -2.30. The second-order valence-corrected chi connectivity index (χ2v) is 5.27. The lowest BCUT2D eigenvalue weighted by Gasteiger charge is -2.16. The molecule has 0 spiro atoms. The molecule has 0 heterocycles. The second-order valence-electron chi connectivity index (χ2n) is 5.27. The zero-order valence-electron chi connectivity index (χ0n) is 13.2. The molecule has 0 saturated carbocycles. The summed E-state index contributed by atoms with van der Waals surface area (Å²) in [5.74, 6) is 0.484. The molecule has 4 nitrogen and oxygen atoms in total. The van der Waals surface area contributed by atoms with E-state index in [2.05, 4.69) is 12.2 Å². The van der Waals surface area contributed by atoms with E-state index in [0.29, 0.717) is 17.1 Å². The third kappa shape index (κ3) is 3.79. The number of anilines is 2. The number of rotatable bonds is 5. The fraction of sp³-hybridized carbons (Fsp3) is 0.278. The van der Waals surface area contributed by atoms with Crippen LogP contribution < -0.4 is 15.8 Å². The van der Waals surface area contributed by atoms with E-state index in [0.717, 1.165) is 12.0 Å². The Balaban J connectivity index is 2.01. The molecule has 3 N–H and O–H groups in total. The first-order valence-electron chi connectivity index (χ1n) is 7.42. The van der Waals surface area contributed by atoms with Crippen LogP contribution >= 0.6 is 0 Å². The molecule has 0 radical (unpaired) electrons. The molecule has 0 aliphatic carbocycles. The first-order chi connectivity index (χ1) is 10.5. The van der Waals surface area contributed by atoms with Crippen molar-refractivity contribution >= 4 is 17.3 Å². The van der Waals surface area contributed by atoms with Gasteiger partial charge in [0, 0.05) is 11.4 Å². The highest BCUT2D eigenvalue weighted by atomic mass is 16.5. The maximum atomic E-state index is 12.2. The van der Waals surface area contributed by atoms with Crippen LogP contribution in [0.2, 0.25) is 0 Å². The predicted molar refractivity (Wildman–Crippen MR) is 90.1 cm³/mol. The second kappa shape index (κ2) is 6.98. The monoisotopic (exact) mass is 298 g/mol. The van der Waals surface area contributed by atoms with Gasteiger partial charge in [-0.2, -0.15) is 0 Å². The van der Waals surface area contributed by atoms with Crippen molar-refractivity contribution in [3.63, 3.8) is 0 Å². The molecule has 22 heavy (non-hydrogen) atoms. The summed E-state index contributed by atoms with van der Waals surface area (Å²) in [7, 11) is 0. The number of hydrogen-bond donors (Lipinski definition) is 2. The molecule has 116 valence electrons. The molecule has 0 bridgehead atoms. The maximum absolute atomic E-state index is 12.2. The number of nitrogen functional groups attached to an aromatic ring is 1. The van der Waals surface area contributed by atoms with Crippen molar-refractivity contribution < 1.29 is 9.53 Å². The Kier molecular flexibility index (Phi) is 5.04. The predicted octanol–water partition coefficient (Wildman–Crippen LogP) is 3.55. The van der Waals surface area contributed by atoms with Gasteiger partial charge in [-0.15, -0.1) is 0 Å². The molecule has 0 aromatic heterocycles. The summed E-state index contributed by atoms with van der Waals surface area (Å²) < 4.78 is 5.67. The molecular formula is C18H22N2O2. The Hall–Kier alpha value is -2.49. The zero-order chi connectivity index (χ0) is 16.1. The van der Waals surface area contributed by atoms with E-state index in [9.17, 15) is 4.79 Å². The number of nitrogens with one attached hydrogen (secondary N) is 1. The molecule has 2 rings (SSSR count). The summed E-state index contributed by atoms with van der Waals surface area (Å²) >= 11 is 0. The Morgan fingerprint density at radius 2 is 1.91 bits per heavy atom. The van der Waals surface area contributed by atoms with Gasteiger partial charge in [0.05, 0.1) is 0 Å². The molecule has 2 aromatic rings. The molecule has 1 amide bonds. The van der Waals surface area contributed by atoms with Crippen molar-refractivity contribution in [2.45, 2.75) is 33.3 Å². The van der Waals surface area contributed by atoms with E-state index in [1.54, 1.807) is 13.0 Å². The highest BCUT2D eigenvalue weighted by Crippen LogP contribution is 2.21. The first-order valence-corrected chi connectivity index (χ1v) is 7.42. The number of nitrogens with two attached hydrogens (primary N) is 1. The molecule has 1 atom stereocenters. The lowest BCUT2D eigenvalue weighted by molar-refractivity contribution is -0.122. The van der Waals surface area contributed by atoms with Crippen LogP contribution in [0.3, 0.4) is 0 Å². The van der Waals surface area contributed by atoms with Gasteiger partial charge in [-0.3, -0.25) is 4.79 Å². The SMILES string of the molecule is CCc1ccc(OC(C)C(=O)Nc2cccc(N)c2C)cc1. The van der Waals surface area contributed by atoms with Crippen molar-refractivity contribution in [1.29, 1.82) is 0 Å². The average molecular weight is 298 g/mol. The van der Waals surface area contributed by atoms with Crippen LogP contribution in [-0.4, -0.2) is 12.0 Å². The van der Waals surface area contributed by atoms with Gasteiger partial charge >= 0.3 is 0 Å². The molecular weight excluding hydrogens is 276 g/mol. The van der Waals surface area contributed by atoms with Crippen LogP contribution in [0.5, 0.6) is 5.75 Å². The number of hydrogen-bond acceptors (Lipinski definition) is 3. The van der Waals surface area contributed by atoms with Crippen molar-refractivity contribution in [3.8, 4) is 5.75 Å². The topological polar surface area (TPSA) is 64.3 Å². The molecule has 1 unspecified atom stereocenters.